The second kappa shape index (κ2) is 7.18. The number of rotatable bonds is 6. The van der Waals surface area contributed by atoms with Gasteiger partial charge in [-0.05, 0) is 44.5 Å². The van der Waals surface area contributed by atoms with E-state index in [0.717, 1.165) is 25.5 Å². The average molecular weight is 310 g/mol. The normalized spacial score (nSPS) is 14.9. The summed E-state index contributed by atoms with van der Waals surface area (Å²) in [6.07, 6.45) is -5.26. The van der Waals surface area contributed by atoms with Gasteiger partial charge in [-0.25, -0.2) is 0 Å². The summed E-state index contributed by atoms with van der Waals surface area (Å²) in [6.45, 7) is 5.82. The van der Waals surface area contributed by atoms with Crippen LogP contribution in [0.4, 0.5) is 13.2 Å². The Hall–Kier alpha value is -0.940. The van der Waals surface area contributed by atoms with Crippen molar-refractivity contribution in [3.8, 4) is 5.75 Å². The lowest BCUT2D eigenvalue weighted by Crippen LogP contribution is -2.31. The highest BCUT2D eigenvalue weighted by atomic mass is 35.5. The maximum absolute atomic E-state index is 12.4. The van der Waals surface area contributed by atoms with Crippen LogP contribution in [0.5, 0.6) is 5.75 Å². The van der Waals surface area contributed by atoms with E-state index in [2.05, 4.69) is 12.2 Å². The maximum Gasteiger partial charge on any atom is 0.425 e. The summed E-state index contributed by atoms with van der Waals surface area (Å²) in [5, 5.41) is 3.66. The highest BCUT2D eigenvalue weighted by molar-refractivity contribution is 6.31. The van der Waals surface area contributed by atoms with Gasteiger partial charge in [-0.2, -0.15) is 13.2 Å². The van der Waals surface area contributed by atoms with Gasteiger partial charge in [0, 0.05) is 11.1 Å². The molecular formula is C14H19ClF3NO. The average Bonchev–Trinajstić information content (AvgIpc) is 2.35. The van der Waals surface area contributed by atoms with Gasteiger partial charge < -0.3 is 10.1 Å². The zero-order chi connectivity index (χ0) is 15.3. The summed E-state index contributed by atoms with van der Waals surface area (Å²) in [5.74, 6) is 0.117. The molecule has 0 radical (unpaired) electrons. The molecule has 0 aliphatic heterocycles. The molecule has 0 bridgehead atoms. The Kier molecular flexibility index (Phi) is 6.14. The quantitative estimate of drug-likeness (QED) is 0.820. The SMILES string of the molecule is CCCNC(C)c1ccc(OC(C)C(F)(F)F)cc1Cl. The molecule has 2 nitrogen and oxygen atoms in total. The molecule has 0 aliphatic rings. The van der Waals surface area contributed by atoms with Gasteiger partial charge in [0.15, 0.2) is 6.10 Å². The van der Waals surface area contributed by atoms with Crippen LogP contribution in [0, 0.1) is 0 Å². The molecule has 1 N–H and O–H groups in total. The molecule has 1 rings (SSSR count). The Labute approximate surface area is 122 Å². The Balaban J connectivity index is 2.78. The number of halogens is 4. The van der Waals surface area contributed by atoms with Crippen molar-refractivity contribution in [1.29, 1.82) is 0 Å². The first-order chi connectivity index (χ1) is 9.25. The molecule has 114 valence electrons. The molecule has 0 fully saturated rings. The van der Waals surface area contributed by atoms with E-state index in [-0.39, 0.29) is 11.8 Å². The predicted molar refractivity (Wildman–Crippen MR) is 74.3 cm³/mol. The molecule has 2 atom stereocenters. The van der Waals surface area contributed by atoms with Gasteiger partial charge in [0.25, 0.3) is 0 Å². The highest BCUT2D eigenvalue weighted by Crippen LogP contribution is 2.30. The number of hydrogen-bond donors (Lipinski definition) is 1. The van der Waals surface area contributed by atoms with Gasteiger partial charge in [0.05, 0.1) is 0 Å². The summed E-state index contributed by atoms with van der Waals surface area (Å²) < 4.78 is 42.1. The standard InChI is InChI=1S/C14H19ClF3NO/c1-4-7-19-9(2)12-6-5-11(8-13(12)15)20-10(3)14(16,17)18/h5-6,8-10,19H,4,7H2,1-3H3. The van der Waals surface area contributed by atoms with Gasteiger partial charge >= 0.3 is 6.18 Å². The first-order valence-corrected chi connectivity index (χ1v) is 6.89. The fourth-order valence-corrected chi connectivity index (χ4v) is 2.01. The summed E-state index contributed by atoms with van der Waals surface area (Å²) in [6, 6.07) is 4.65. The van der Waals surface area contributed by atoms with E-state index < -0.39 is 12.3 Å². The molecule has 0 aromatic heterocycles. The van der Waals surface area contributed by atoms with Gasteiger partial charge in [-0.3, -0.25) is 0 Å². The number of ether oxygens (including phenoxy) is 1. The zero-order valence-corrected chi connectivity index (χ0v) is 12.5. The van der Waals surface area contributed by atoms with E-state index in [1.165, 1.54) is 12.1 Å². The molecule has 6 heteroatoms. The lowest BCUT2D eigenvalue weighted by atomic mass is 10.1. The van der Waals surface area contributed by atoms with Crippen LogP contribution in [-0.4, -0.2) is 18.8 Å². The molecule has 1 aromatic rings. The van der Waals surface area contributed by atoms with Crippen molar-refractivity contribution in [3.05, 3.63) is 28.8 Å². The van der Waals surface area contributed by atoms with Crippen molar-refractivity contribution in [2.24, 2.45) is 0 Å². The van der Waals surface area contributed by atoms with Crippen molar-refractivity contribution in [2.75, 3.05) is 6.54 Å². The van der Waals surface area contributed by atoms with Crippen molar-refractivity contribution in [1.82, 2.24) is 5.32 Å². The second-order valence-electron chi connectivity index (χ2n) is 4.66. The number of alkyl halides is 3. The third-order valence-electron chi connectivity index (χ3n) is 2.91. The molecule has 0 heterocycles. The van der Waals surface area contributed by atoms with Gasteiger partial charge in [0.1, 0.15) is 5.75 Å². The van der Waals surface area contributed by atoms with Gasteiger partial charge in [-0.1, -0.05) is 24.6 Å². The van der Waals surface area contributed by atoms with E-state index in [0.29, 0.717) is 5.02 Å². The molecule has 0 spiro atoms. The van der Waals surface area contributed by atoms with E-state index in [1.807, 2.05) is 6.92 Å². The van der Waals surface area contributed by atoms with Gasteiger partial charge in [-0.15, -0.1) is 0 Å². The number of benzene rings is 1. The topological polar surface area (TPSA) is 21.3 Å². The molecule has 0 saturated carbocycles. The zero-order valence-electron chi connectivity index (χ0n) is 11.7. The van der Waals surface area contributed by atoms with E-state index in [1.54, 1.807) is 6.07 Å². The van der Waals surface area contributed by atoms with Crippen LogP contribution < -0.4 is 10.1 Å². The van der Waals surface area contributed by atoms with Crippen LogP contribution in [-0.2, 0) is 0 Å². The molecule has 1 aromatic carbocycles. The molecule has 0 aliphatic carbocycles. The largest absolute Gasteiger partial charge is 0.481 e. The van der Waals surface area contributed by atoms with Crippen LogP contribution in [0.25, 0.3) is 0 Å². The minimum atomic E-state index is -4.39. The van der Waals surface area contributed by atoms with Crippen LogP contribution in [0.15, 0.2) is 18.2 Å². The molecule has 2 unspecified atom stereocenters. The minimum absolute atomic E-state index is 0.0385. The Morgan fingerprint density at radius 3 is 2.45 bits per heavy atom. The van der Waals surface area contributed by atoms with Crippen molar-refractivity contribution < 1.29 is 17.9 Å². The first-order valence-electron chi connectivity index (χ1n) is 6.52. The Morgan fingerprint density at radius 2 is 1.95 bits per heavy atom. The lowest BCUT2D eigenvalue weighted by molar-refractivity contribution is -0.189. The Morgan fingerprint density at radius 1 is 1.30 bits per heavy atom. The molecule has 20 heavy (non-hydrogen) atoms. The van der Waals surface area contributed by atoms with Crippen molar-refractivity contribution in [2.45, 2.75) is 45.5 Å². The summed E-state index contributed by atoms with van der Waals surface area (Å²) in [5.41, 5.74) is 0.840. The fourth-order valence-electron chi connectivity index (χ4n) is 1.67. The molecule has 0 saturated heterocycles. The lowest BCUT2D eigenvalue weighted by Gasteiger charge is -2.19. The number of nitrogens with one attached hydrogen (secondary N) is 1. The fraction of sp³-hybridized carbons (Fsp3) is 0.571. The summed E-state index contributed by atoms with van der Waals surface area (Å²) in [4.78, 5) is 0. The van der Waals surface area contributed by atoms with E-state index >= 15 is 0 Å². The second-order valence-corrected chi connectivity index (χ2v) is 5.07. The smallest absolute Gasteiger partial charge is 0.425 e. The Bertz CT molecular complexity index is 437. The summed E-state index contributed by atoms with van der Waals surface area (Å²) >= 11 is 6.10. The molecule has 0 amide bonds. The van der Waals surface area contributed by atoms with Crippen molar-refractivity contribution in [3.63, 3.8) is 0 Å². The van der Waals surface area contributed by atoms with E-state index in [9.17, 15) is 13.2 Å². The van der Waals surface area contributed by atoms with Crippen LogP contribution >= 0.6 is 11.6 Å². The third kappa shape index (κ3) is 4.87. The van der Waals surface area contributed by atoms with Crippen LogP contribution in [0.2, 0.25) is 5.02 Å². The minimum Gasteiger partial charge on any atom is -0.481 e. The maximum atomic E-state index is 12.4. The first kappa shape index (κ1) is 17.1. The van der Waals surface area contributed by atoms with Gasteiger partial charge in [0.2, 0.25) is 0 Å². The van der Waals surface area contributed by atoms with Crippen LogP contribution in [0.1, 0.15) is 38.8 Å². The van der Waals surface area contributed by atoms with Crippen LogP contribution in [0.3, 0.4) is 0 Å². The summed E-state index contributed by atoms with van der Waals surface area (Å²) in [7, 11) is 0. The van der Waals surface area contributed by atoms with E-state index in [4.69, 9.17) is 16.3 Å². The van der Waals surface area contributed by atoms with Crippen molar-refractivity contribution >= 4 is 11.6 Å². The predicted octanol–water partition coefficient (Wildman–Crippen LogP) is 4.73. The third-order valence-corrected chi connectivity index (χ3v) is 3.24. The molecular weight excluding hydrogens is 291 g/mol. The number of hydrogen-bond acceptors (Lipinski definition) is 2. The monoisotopic (exact) mass is 309 g/mol. The highest BCUT2D eigenvalue weighted by Gasteiger charge is 2.38.